The van der Waals surface area contributed by atoms with Gasteiger partial charge in [0.05, 0.1) is 4.47 Å². The molecule has 8 heteroatoms. The van der Waals surface area contributed by atoms with Crippen LogP contribution in [0.25, 0.3) is 0 Å². The van der Waals surface area contributed by atoms with Gasteiger partial charge in [-0.05, 0) is 35.1 Å². The summed E-state index contributed by atoms with van der Waals surface area (Å²) in [6.07, 6.45) is -4.00. The SMILES string of the molecule is CNC(c1cc(F)c(Br)cc1F)C(F)(F)C(F)F. The Morgan fingerprint density at radius 1 is 1.17 bits per heavy atom. The smallest absolute Gasteiger partial charge is 0.308 e. The van der Waals surface area contributed by atoms with Gasteiger partial charge in [0.15, 0.2) is 0 Å². The predicted molar refractivity (Wildman–Crippen MR) is 56.8 cm³/mol. The van der Waals surface area contributed by atoms with E-state index in [0.29, 0.717) is 12.1 Å². The van der Waals surface area contributed by atoms with Crippen molar-refractivity contribution >= 4 is 15.9 Å². The molecule has 18 heavy (non-hydrogen) atoms. The molecule has 1 aromatic carbocycles. The Morgan fingerprint density at radius 2 is 1.72 bits per heavy atom. The Morgan fingerprint density at radius 3 is 2.17 bits per heavy atom. The second-order valence-corrected chi connectivity index (χ2v) is 4.34. The van der Waals surface area contributed by atoms with Crippen LogP contribution in [0.5, 0.6) is 0 Å². The molecule has 1 nitrogen and oxygen atoms in total. The highest BCUT2D eigenvalue weighted by molar-refractivity contribution is 9.10. The van der Waals surface area contributed by atoms with Gasteiger partial charge in [-0.15, -0.1) is 0 Å². The predicted octanol–water partition coefficient (Wildman–Crippen LogP) is 3.89. The van der Waals surface area contributed by atoms with Crippen LogP contribution in [0, 0.1) is 11.6 Å². The molecular weight excluding hydrogens is 328 g/mol. The van der Waals surface area contributed by atoms with Crippen LogP contribution in [0.1, 0.15) is 11.6 Å². The molecule has 1 unspecified atom stereocenters. The number of nitrogens with one attached hydrogen (secondary N) is 1. The molecule has 102 valence electrons. The number of halogens is 7. The van der Waals surface area contributed by atoms with Crippen LogP contribution in [0.2, 0.25) is 0 Å². The van der Waals surface area contributed by atoms with E-state index in [9.17, 15) is 26.3 Å². The molecule has 1 atom stereocenters. The van der Waals surface area contributed by atoms with Gasteiger partial charge in [0.2, 0.25) is 0 Å². The van der Waals surface area contributed by atoms with Crippen molar-refractivity contribution in [3.63, 3.8) is 0 Å². The lowest BCUT2D eigenvalue weighted by molar-refractivity contribution is -0.151. The van der Waals surface area contributed by atoms with Gasteiger partial charge in [0, 0.05) is 5.56 Å². The molecule has 0 saturated heterocycles. The molecule has 0 aromatic heterocycles. The topological polar surface area (TPSA) is 12.0 Å². The maximum Gasteiger partial charge on any atom is 0.326 e. The van der Waals surface area contributed by atoms with Crippen molar-refractivity contribution in [1.29, 1.82) is 0 Å². The van der Waals surface area contributed by atoms with Crippen LogP contribution >= 0.6 is 15.9 Å². The van der Waals surface area contributed by atoms with Crippen LogP contribution in [-0.2, 0) is 0 Å². The van der Waals surface area contributed by atoms with Gasteiger partial charge in [-0.25, -0.2) is 17.6 Å². The number of hydrogen-bond acceptors (Lipinski definition) is 1. The fraction of sp³-hybridized carbons (Fsp3) is 0.400. The molecule has 1 aromatic rings. The van der Waals surface area contributed by atoms with E-state index in [1.54, 1.807) is 0 Å². The second-order valence-electron chi connectivity index (χ2n) is 3.48. The lowest BCUT2D eigenvalue weighted by Crippen LogP contribution is -2.41. The first-order valence-corrected chi connectivity index (χ1v) is 5.48. The first kappa shape index (κ1) is 15.3. The zero-order valence-corrected chi connectivity index (χ0v) is 10.5. The minimum Gasteiger partial charge on any atom is -0.308 e. The van der Waals surface area contributed by atoms with E-state index in [-0.39, 0.29) is 4.47 Å². The third kappa shape index (κ3) is 2.80. The van der Waals surface area contributed by atoms with Gasteiger partial charge in [0.25, 0.3) is 0 Å². The summed E-state index contributed by atoms with van der Waals surface area (Å²) >= 11 is 2.66. The average molecular weight is 336 g/mol. The summed E-state index contributed by atoms with van der Waals surface area (Å²) in [5.41, 5.74) is -0.858. The van der Waals surface area contributed by atoms with Crippen molar-refractivity contribution in [2.24, 2.45) is 0 Å². The van der Waals surface area contributed by atoms with Crippen LogP contribution in [0.15, 0.2) is 16.6 Å². The van der Waals surface area contributed by atoms with Crippen molar-refractivity contribution in [1.82, 2.24) is 5.32 Å². The number of alkyl halides is 4. The maximum atomic E-state index is 13.4. The maximum absolute atomic E-state index is 13.4. The van der Waals surface area contributed by atoms with E-state index in [1.807, 2.05) is 5.32 Å². The van der Waals surface area contributed by atoms with E-state index in [0.717, 1.165) is 7.05 Å². The van der Waals surface area contributed by atoms with E-state index < -0.39 is 35.6 Å². The first-order valence-electron chi connectivity index (χ1n) is 4.69. The summed E-state index contributed by atoms with van der Waals surface area (Å²) in [6.45, 7) is 0. The van der Waals surface area contributed by atoms with Crippen molar-refractivity contribution in [3.8, 4) is 0 Å². The van der Waals surface area contributed by atoms with Crippen molar-refractivity contribution in [3.05, 3.63) is 33.8 Å². The zero-order chi connectivity index (χ0) is 14.1. The van der Waals surface area contributed by atoms with Crippen LogP contribution < -0.4 is 5.32 Å². The van der Waals surface area contributed by atoms with Crippen molar-refractivity contribution in [2.75, 3.05) is 7.05 Å². The summed E-state index contributed by atoms with van der Waals surface area (Å²) in [7, 11) is 0.959. The Balaban J connectivity index is 3.30. The molecule has 0 saturated carbocycles. The molecule has 0 bridgehead atoms. The molecule has 0 aliphatic heterocycles. The molecule has 1 rings (SSSR count). The fourth-order valence-electron chi connectivity index (χ4n) is 1.44. The third-order valence-corrected chi connectivity index (χ3v) is 2.92. The lowest BCUT2D eigenvalue weighted by Gasteiger charge is -2.26. The lowest BCUT2D eigenvalue weighted by atomic mass is 10.00. The Kier molecular flexibility index (Phi) is 4.66. The van der Waals surface area contributed by atoms with E-state index in [2.05, 4.69) is 15.9 Å². The van der Waals surface area contributed by atoms with Gasteiger partial charge < -0.3 is 5.32 Å². The third-order valence-electron chi connectivity index (χ3n) is 2.32. The van der Waals surface area contributed by atoms with Gasteiger partial charge in [0.1, 0.15) is 17.7 Å². The molecule has 0 aliphatic rings. The summed E-state index contributed by atoms with van der Waals surface area (Å²) in [5.74, 6) is -6.74. The Hall–Kier alpha value is -0.760. The van der Waals surface area contributed by atoms with Crippen molar-refractivity contribution < 1.29 is 26.3 Å². The van der Waals surface area contributed by atoms with E-state index >= 15 is 0 Å². The molecule has 0 spiro atoms. The normalized spacial score (nSPS) is 14.1. The average Bonchev–Trinajstić information content (AvgIpc) is 2.25. The Labute approximate surface area is 107 Å². The highest BCUT2D eigenvalue weighted by atomic mass is 79.9. The molecule has 0 radical (unpaired) electrons. The summed E-state index contributed by atoms with van der Waals surface area (Å²) in [5, 5.41) is 1.88. The quantitative estimate of drug-likeness (QED) is 0.650. The minimum atomic E-state index is -4.52. The van der Waals surface area contributed by atoms with Crippen molar-refractivity contribution in [2.45, 2.75) is 18.4 Å². The monoisotopic (exact) mass is 335 g/mol. The molecule has 0 fully saturated rings. The number of benzene rings is 1. The van der Waals surface area contributed by atoms with Crippen LogP contribution in [0.3, 0.4) is 0 Å². The minimum absolute atomic E-state index is 0.279. The zero-order valence-electron chi connectivity index (χ0n) is 8.96. The molecule has 0 aliphatic carbocycles. The summed E-state index contributed by atoms with van der Waals surface area (Å²) in [4.78, 5) is 0. The van der Waals surface area contributed by atoms with Gasteiger partial charge >= 0.3 is 12.3 Å². The largest absolute Gasteiger partial charge is 0.326 e. The summed E-state index contributed by atoms with van der Waals surface area (Å²) in [6, 6.07) is -1.26. The van der Waals surface area contributed by atoms with E-state index in [4.69, 9.17) is 0 Å². The van der Waals surface area contributed by atoms with E-state index in [1.165, 1.54) is 0 Å². The molecule has 1 N–H and O–H groups in total. The molecule has 0 amide bonds. The highest BCUT2D eigenvalue weighted by Gasteiger charge is 2.49. The standard InChI is InChI=1S/C10H8BrF6N/c1-18-8(10(16,17)9(14)15)4-2-7(13)5(11)3-6(4)12/h2-3,8-9,18H,1H3. The number of hydrogen-bond donors (Lipinski definition) is 1. The Bertz CT molecular complexity index is 437. The first-order chi connectivity index (χ1) is 8.21. The van der Waals surface area contributed by atoms with Gasteiger partial charge in [-0.2, -0.15) is 8.78 Å². The van der Waals surface area contributed by atoms with Gasteiger partial charge in [-0.1, -0.05) is 0 Å². The fourth-order valence-corrected chi connectivity index (χ4v) is 1.76. The summed E-state index contributed by atoms with van der Waals surface area (Å²) < 4.78 is 77.2. The second kappa shape index (κ2) is 5.48. The molecular formula is C10H8BrF6N. The number of rotatable bonds is 4. The van der Waals surface area contributed by atoms with Gasteiger partial charge in [-0.3, -0.25) is 0 Å². The highest BCUT2D eigenvalue weighted by Crippen LogP contribution is 2.38. The molecule has 0 heterocycles. The van der Waals surface area contributed by atoms with Crippen LogP contribution in [0.4, 0.5) is 26.3 Å². The van der Waals surface area contributed by atoms with Crippen LogP contribution in [-0.4, -0.2) is 19.4 Å².